The van der Waals surface area contributed by atoms with Crippen molar-refractivity contribution in [2.75, 3.05) is 11.9 Å². The first-order valence-electron chi connectivity index (χ1n) is 8.82. The smallest absolute Gasteiger partial charge is 0.240 e. The van der Waals surface area contributed by atoms with Gasteiger partial charge in [-0.1, -0.05) is 24.3 Å². The Morgan fingerprint density at radius 2 is 1.69 bits per heavy atom. The molecular formula is C21H23FN2O2. The number of aryl methyl sites for hydroxylation is 2. The fourth-order valence-corrected chi connectivity index (χ4v) is 3.16. The molecule has 2 N–H and O–H groups in total. The molecule has 0 spiro atoms. The van der Waals surface area contributed by atoms with Crippen molar-refractivity contribution in [1.82, 2.24) is 5.32 Å². The van der Waals surface area contributed by atoms with Gasteiger partial charge in [0.2, 0.25) is 11.8 Å². The van der Waals surface area contributed by atoms with Crippen LogP contribution >= 0.6 is 0 Å². The first-order chi connectivity index (χ1) is 12.4. The standard InChI is InChI=1S/C21H23FN2O2/c1-14-11-15(2)13-17(12-14)24-20(26)21(8-9-21)19(25)23-10-7-16-5-3-4-6-18(16)22/h3-6,11-13H,7-10H2,1-2H3,(H,23,25)(H,24,26). The third-order valence-corrected chi connectivity index (χ3v) is 4.74. The first kappa shape index (κ1) is 18.1. The van der Waals surface area contributed by atoms with Crippen LogP contribution in [0.5, 0.6) is 0 Å². The summed E-state index contributed by atoms with van der Waals surface area (Å²) in [5, 5.41) is 5.65. The SMILES string of the molecule is Cc1cc(C)cc(NC(=O)C2(C(=O)NCCc3ccccc3F)CC2)c1. The first-order valence-corrected chi connectivity index (χ1v) is 8.82. The second-order valence-electron chi connectivity index (χ2n) is 7.01. The summed E-state index contributed by atoms with van der Waals surface area (Å²) >= 11 is 0. The van der Waals surface area contributed by atoms with Crippen molar-refractivity contribution < 1.29 is 14.0 Å². The van der Waals surface area contributed by atoms with Gasteiger partial charge in [-0.15, -0.1) is 0 Å². The molecule has 26 heavy (non-hydrogen) atoms. The molecule has 0 saturated heterocycles. The average Bonchev–Trinajstić information content (AvgIpc) is 3.37. The quantitative estimate of drug-likeness (QED) is 0.780. The van der Waals surface area contributed by atoms with E-state index in [9.17, 15) is 14.0 Å². The fourth-order valence-electron chi connectivity index (χ4n) is 3.16. The van der Waals surface area contributed by atoms with E-state index in [-0.39, 0.29) is 17.6 Å². The normalized spacial score (nSPS) is 14.6. The largest absolute Gasteiger partial charge is 0.355 e. The molecule has 2 aromatic rings. The van der Waals surface area contributed by atoms with Gasteiger partial charge in [0.05, 0.1) is 0 Å². The van der Waals surface area contributed by atoms with E-state index in [2.05, 4.69) is 10.6 Å². The summed E-state index contributed by atoms with van der Waals surface area (Å²) in [6, 6.07) is 12.3. The van der Waals surface area contributed by atoms with E-state index in [0.29, 0.717) is 37.1 Å². The highest BCUT2D eigenvalue weighted by atomic mass is 19.1. The summed E-state index contributed by atoms with van der Waals surface area (Å²) in [5.41, 5.74) is 2.38. The van der Waals surface area contributed by atoms with Gasteiger partial charge in [0.1, 0.15) is 11.2 Å². The summed E-state index contributed by atoms with van der Waals surface area (Å²) in [6.45, 7) is 4.23. The second-order valence-corrected chi connectivity index (χ2v) is 7.01. The average molecular weight is 354 g/mol. The maximum absolute atomic E-state index is 13.6. The Kier molecular flexibility index (Phi) is 5.07. The number of nitrogens with one attached hydrogen (secondary N) is 2. The molecule has 0 heterocycles. The van der Waals surface area contributed by atoms with E-state index in [1.54, 1.807) is 18.2 Å². The molecule has 0 aromatic heterocycles. The third kappa shape index (κ3) is 3.93. The molecule has 3 rings (SSSR count). The molecule has 1 fully saturated rings. The van der Waals surface area contributed by atoms with Gasteiger partial charge in [-0.25, -0.2) is 4.39 Å². The number of carbonyl (C=O) groups excluding carboxylic acids is 2. The van der Waals surface area contributed by atoms with Crippen LogP contribution in [0.25, 0.3) is 0 Å². The summed E-state index contributed by atoms with van der Waals surface area (Å²) in [5.74, 6) is -0.836. The van der Waals surface area contributed by atoms with Crippen molar-refractivity contribution in [3.63, 3.8) is 0 Å². The maximum atomic E-state index is 13.6. The minimum Gasteiger partial charge on any atom is -0.355 e. The van der Waals surface area contributed by atoms with Crippen LogP contribution in [0.15, 0.2) is 42.5 Å². The van der Waals surface area contributed by atoms with Gasteiger partial charge in [0.25, 0.3) is 0 Å². The zero-order chi connectivity index (χ0) is 18.7. The lowest BCUT2D eigenvalue weighted by atomic mass is 10.0. The Hall–Kier alpha value is -2.69. The van der Waals surface area contributed by atoms with Gasteiger partial charge in [-0.3, -0.25) is 9.59 Å². The number of benzene rings is 2. The minimum atomic E-state index is -0.993. The summed E-state index contributed by atoms with van der Waals surface area (Å²) in [6.07, 6.45) is 1.47. The number of carbonyl (C=O) groups is 2. The molecule has 0 aliphatic heterocycles. The van der Waals surface area contributed by atoms with Gasteiger partial charge in [0.15, 0.2) is 0 Å². The number of hydrogen-bond acceptors (Lipinski definition) is 2. The lowest BCUT2D eigenvalue weighted by molar-refractivity contribution is -0.134. The molecule has 1 aliphatic carbocycles. The summed E-state index contributed by atoms with van der Waals surface area (Å²) < 4.78 is 13.6. The lowest BCUT2D eigenvalue weighted by Crippen LogP contribution is -2.40. The predicted octanol–water partition coefficient (Wildman–Crippen LogP) is 3.52. The molecule has 136 valence electrons. The summed E-state index contributed by atoms with van der Waals surface area (Å²) in [4.78, 5) is 25.1. The van der Waals surface area contributed by atoms with Gasteiger partial charge >= 0.3 is 0 Å². The highest BCUT2D eigenvalue weighted by Gasteiger charge is 2.56. The zero-order valence-electron chi connectivity index (χ0n) is 15.1. The van der Waals surface area contributed by atoms with E-state index in [0.717, 1.165) is 11.1 Å². The molecule has 1 aliphatic rings. The van der Waals surface area contributed by atoms with Crippen LogP contribution in [-0.2, 0) is 16.0 Å². The molecule has 4 nitrogen and oxygen atoms in total. The zero-order valence-corrected chi connectivity index (χ0v) is 15.1. The van der Waals surface area contributed by atoms with Crippen molar-refractivity contribution in [1.29, 1.82) is 0 Å². The van der Waals surface area contributed by atoms with E-state index in [1.165, 1.54) is 6.07 Å². The number of rotatable bonds is 6. The minimum absolute atomic E-state index is 0.272. The number of amides is 2. The van der Waals surface area contributed by atoms with Crippen molar-refractivity contribution in [2.45, 2.75) is 33.1 Å². The second kappa shape index (κ2) is 7.28. The Morgan fingerprint density at radius 1 is 1.04 bits per heavy atom. The van der Waals surface area contributed by atoms with Crippen LogP contribution in [0.1, 0.15) is 29.5 Å². The van der Waals surface area contributed by atoms with Crippen molar-refractivity contribution in [3.05, 3.63) is 65.0 Å². The third-order valence-electron chi connectivity index (χ3n) is 4.74. The Morgan fingerprint density at radius 3 is 2.31 bits per heavy atom. The van der Waals surface area contributed by atoms with Gasteiger partial charge in [-0.05, 0) is 68.0 Å². The van der Waals surface area contributed by atoms with Crippen LogP contribution < -0.4 is 10.6 Å². The molecule has 2 amide bonds. The number of anilines is 1. The Balaban J connectivity index is 1.58. The molecule has 5 heteroatoms. The lowest BCUT2D eigenvalue weighted by Gasteiger charge is -2.16. The van der Waals surface area contributed by atoms with Crippen LogP contribution in [0.2, 0.25) is 0 Å². The highest BCUT2D eigenvalue weighted by Crippen LogP contribution is 2.46. The summed E-state index contributed by atoms with van der Waals surface area (Å²) in [7, 11) is 0. The Bertz CT molecular complexity index is 823. The van der Waals surface area contributed by atoms with Crippen LogP contribution in [0.4, 0.5) is 10.1 Å². The van der Waals surface area contributed by atoms with Crippen LogP contribution in [0, 0.1) is 25.1 Å². The van der Waals surface area contributed by atoms with E-state index in [4.69, 9.17) is 0 Å². The van der Waals surface area contributed by atoms with E-state index >= 15 is 0 Å². The maximum Gasteiger partial charge on any atom is 0.240 e. The topological polar surface area (TPSA) is 58.2 Å². The van der Waals surface area contributed by atoms with Crippen molar-refractivity contribution >= 4 is 17.5 Å². The van der Waals surface area contributed by atoms with Gasteiger partial charge < -0.3 is 10.6 Å². The number of halogens is 1. The molecule has 0 bridgehead atoms. The molecule has 0 radical (unpaired) electrons. The number of hydrogen-bond donors (Lipinski definition) is 2. The molecular weight excluding hydrogens is 331 g/mol. The predicted molar refractivity (Wildman–Crippen MR) is 99.3 cm³/mol. The van der Waals surface area contributed by atoms with Gasteiger partial charge in [0, 0.05) is 12.2 Å². The van der Waals surface area contributed by atoms with Crippen LogP contribution in [0.3, 0.4) is 0 Å². The van der Waals surface area contributed by atoms with E-state index in [1.807, 2.05) is 32.0 Å². The van der Waals surface area contributed by atoms with Gasteiger partial charge in [-0.2, -0.15) is 0 Å². The van der Waals surface area contributed by atoms with Crippen molar-refractivity contribution in [3.8, 4) is 0 Å². The van der Waals surface area contributed by atoms with Crippen LogP contribution in [-0.4, -0.2) is 18.4 Å². The highest BCUT2D eigenvalue weighted by molar-refractivity contribution is 6.13. The molecule has 0 atom stereocenters. The monoisotopic (exact) mass is 354 g/mol. The Labute approximate surface area is 152 Å². The molecule has 0 unspecified atom stereocenters. The van der Waals surface area contributed by atoms with Crippen molar-refractivity contribution in [2.24, 2.45) is 5.41 Å². The molecule has 2 aromatic carbocycles. The fraction of sp³-hybridized carbons (Fsp3) is 0.333. The van der Waals surface area contributed by atoms with E-state index < -0.39 is 5.41 Å². The molecule has 1 saturated carbocycles.